The van der Waals surface area contributed by atoms with Gasteiger partial charge in [0.05, 0.1) is 6.42 Å². The zero-order valence-corrected chi connectivity index (χ0v) is 11.4. The van der Waals surface area contributed by atoms with Crippen LogP contribution in [0.1, 0.15) is 12.0 Å². The highest BCUT2D eigenvalue weighted by Crippen LogP contribution is 2.30. The molecule has 1 aromatic carbocycles. The molecule has 0 saturated carbocycles. The zero-order valence-electron chi connectivity index (χ0n) is 9.84. The van der Waals surface area contributed by atoms with E-state index >= 15 is 0 Å². The van der Waals surface area contributed by atoms with Crippen molar-refractivity contribution in [1.29, 1.82) is 0 Å². The first-order chi connectivity index (χ1) is 8.85. The second-order valence-electron chi connectivity index (χ2n) is 4.21. The van der Waals surface area contributed by atoms with Crippen LogP contribution >= 0.6 is 15.9 Å². The van der Waals surface area contributed by atoms with Crippen LogP contribution in [-0.2, 0) is 11.2 Å². The van der Waals surface area contributed by atoms with Crippen molar-refractivity contribution in [3.8, 4) is 5.75 Å². The van der Waals surface area contributed by atoms with Crippen LogP contribution in [0.4, 0.5) is 13.2 Å². The lowest BCUT2D eigenvalue weighted by atomic mass is 10.1. The van der Waals surface area contributed by atoms with E-state index < -0.39 is 6.36 Å². The van der Waals surface area contributed by atoms with E-state index in [0.717, 1.165) is 6.42 Å². The van der Waals surface area contributed by atoms with Crippen LogP contribution in [0.2, 0.25) is 0 Å². The molecule has 0 radical (unpaired) electrons. The second kappa shape index (κ2) is 5.40. The van der Waals surface area contributed by atoms with Gasteiger partial charge in [-0.15, -0.1) is 13.2 Å². The minimum absolute atomic E-state index is 0.0846. The van der Waals surface area contributed by atoms with Gasteiger partial charge in [-0.2, -0.15) is 0 Å². The van der Waals surface area contributed by atoms with Crippen LogP contribution in [-0.4, -0.2) is 30.3 Å². The molecular weight excluding hydrogens is 327 g/mol. The Morgan fingerprint density at radius 3 is 2.58 bits per heavy atom. The molecule has 0 spiro atoms. The first kappa shape index (κ1) is 14.2. The average molecular weight is 338 g/mol. The summed E-state index contributed by atoms with van der Waals surface area (Å²) < 4.78 is 41.3. The molecule has 0 bridgehead atoms. The number of carbonyl (C=O) groups excluding carboxylic acids is 1. The molecule has 0 N–H and O–H groups in total. The Bertz CT molecular complexity index is 486. The maximum atomic E-state index is 12.3. The molecule has 0 aromatic heterocycles. The number of likely N-dealkylation sites (tertiary alicyclic amines) is 1. The van der Waals surface area contributed by atoms with Crippen LogP contribution in [0.15, 0.2) is 22.7 Å². The third-order valence-corrected chi connectivity index (χ3v) is 3.30. The largest absolute Gasteiger partial charge is 0.573 e. The number of rotatable bonds is 3. The molecule has 1 fully saturated rings. The third-order valence-electron chi connectivity index (χ3n) is 2.81. The number of ether oxygens (including phenoxy) is 1. The Morgan fingerprint density at radius 2 is 2.05 bits per heavy atom. The predicted molar refractivity (Wildman–Crippen MR) is 65.7 cm³/mol. The minimum atomic E-state index is -4.77. The van der Waals surface area contributed by atoms with Crippen LogP contribution < -0.4 is 4.74 Å². The van der Waals surface area contributed by atoms with Gasteiger partial charge in [0.2, 0.25) is 5.91 Å². The Hall–Kier alpha value is -1.24. The zero-order chi connectivity index (χ0) is 14.0. The summed E-state index contributed by atoms with van der Waals surface area (Å²) in [5.74, 6) is -0.517. The molecular formula is C12H11BrF3NO2. The van der Waals surface area contributed by atoms with Crippen LogP contribution in [0.3, 0.4) is 0 Å². The fourth-order valence-electron chi connectivity index (χ4n) is 1.73. The van der Waals surface area contributed by atoms with Gasteiger partial charge in [0.15, 0.2) is 0 Å². The van der Waals surface area contributed by atoms with Gasteiger partial charge in [-0.05, 0) is 18.6 Å². The Morgan fingerprint density at radius 1 is 1.37 bits per heavy atom. The molecule has 19 heavy (non-hydrogen) atoms. The van der Waals surface area contributed by atoms with Gasteiger partial charge in [0.1, 0.15) is 5.75 Å². The topological polar surface area (TPSA) is 29.5 Å². The van der Waals surface area contributed by atoms with Crippen molar-refractivity contribution in [2.24, 2.45) is 0 Å². The van der Waals surface area contributed by atoms with Gasteiger partial charge < -0.3 is 9.64 Å². The Labute approximate surface area is 116 Å². The van der Waals surface area contributed by atoms with E-state index in [1.54, 1.807) is 11.0 Å². The lowest BCUT2D eigenvalue weighted by molar-refractivity contribution is -0.274. The summed E-state index contributed by atoms with van der Waals surface area (Å²) in [5.41, 5.74) is 0.234. The standard InChI is InChI=1S/C12H11BrF3NO2/c13-9-3-2-8(6-11(18)17-4-1-5-17)10(7-9)19-12(14,15)16/h2-3,7H,1,4-6H2. The maximum Gasteiger partial charge on any atom is 0.573 e. The summed E-state index contributed by atoms with van der Waals surface area (Å²) in [6, 6.07) is 4.26. The molecule has 3 nitrogen and oxygen atoms in total. The summed E-state index contributed by atoms with van der Waals surface area (Å²) in [6.45, 7) is 1.34. The number of alkyl halides is 3. The van der Waals surface area contributed by atoms with Crippen molar-refractivity contribution in [3.05, 3.63) is 28.2 Å². The SMILES string of the molecule is O=C(Cc1ccc(Br)cc1OC(F)(F)F)N1CCC1. The predicted octanol–water partition coefficient (Wildman–Crippen LogP) is 3.12. The van der Waals surface area contributed by atoms with Gasteiger partial charge in [-0.1, -0.05) is 22.0 Å². The first-order valence-corrected chi connectivity index (χ1v) is 6.46. The normalized spacial score (nSPS) is 15.1. The number of amides is 1. The van der Waals surface area contributed by atoms with Crippen LogP contribution in [0.5, 0.6) is 5.75 Å². The lowest BCUT2D eigenvalue weighted by Gasteiger charge is -2.31. The highest BCUT2D eigenvalue weighted by atomic mass is 79.9. The Kier molecular flexibility index (Phi) is 4.03. The molecule has 1 heterocycles. The molecule has 1 aliphatic heterocycles. The van der Waals surface area contributed by atoms with E-state index in [0.29, 0.717) is 17.6 Å². The van der Waals surface area contributed by atoms with Crippen molar-refractivity contribution in [2.75, 3.05) is 13.1 Å². The molecule has 0 aliphatic carbocycles. The van der Waals surface area contributed by atoms with E-state index in [9.17, 15) is 18.0 Å². The van der Waals surface area contributed by atoms with Gasteiger partial charge in [0, 0.05) is 23.1 Å². The number of benzene rings is 1. The van der Waals surface area contributed by atoms with Gasteiger partial charge in [0.25, 0.3) is 0 Å². The van der Waals surface area contributed by atoms with Gasteiger partial charge >= 0.3 is 6.36 Å². The minimum Gasteiger partial charge on any atom is -0.405 e. The van der Waals surface area contributed by atoms with E-state index in [1.807, 2.05) is 0 Å². The third kappa shape index (κ3) is 3.86. The number of carbonyl (C=O) groups is 1. The van der Waals surface area contributed by atoms with E-state index in [1.165, 1.54) is 12.1 Å². The molecule has 7 heteroatoms. The quantitative estimate of drug-likeness (QED) is 0.848. The van der Waals surface area contributed by atoms with Crippen molar-refractivity contribution in [2.45, 2.75) is 19.2 Å². The number of hydrogen-bond donors (Lipinski definition) is 0. The summed E-state index contributed by atoms with van der Waals surface area (Å²) in [7, 11) is 0. The number of halogens is 4. The molecule has 1 aliphatic rings. The Balaban J connectivity index is 2.16. The fraction of sp³-hybridized carbons (Fsp3) is 0.417. The monoisotopic (exact) mass is 337 g/mol. The van der Waals surface area contributed by atoms with Crippen molar-refractivity contribution >= 4 is 21.8 Å². The second-order valence-corrected chi connectivity index (χ2v) is 5.13. The summed E-state index contributed by atoms with van der Waals surface area (Å²) >= 11 is 3.08. The highest BCUT2D eigenvalue weighted by Gasteiger charge is 2.32. The van der Waals surface area contributed by atoms with Crippen molar-refractivity contribution in [3.63, 3.8) is 0 Å². The molecule has 0 unspecified atom stereocenters. The average Bonchev–Trinajstić information content (AvgIpc) is 2.17. The summed E-state index contributed by atoms with van der Waals surface area (Å²) in [6.07, 6.45) is -3.91. The van der Waals surface area contributed by atoms with Gasteiger partial charge in [-0.25, -0.2) is 0 Å². The number of hydrogen-bond acceptors (Lipinski definition) is 2. The molecule has 104 valence electrons. The smallest absolute Gasteiger partial charge is 0.405 e. The van der Waals surface area contributed by atoms with Crippen LogP contribution in [0.25, 0.3) is 0 Å². The molecule has 1 amide bonds. The molecule has 1 saturated heterocycles. The van der Waals surface area contributed by atoms with Crippen LogP contribution in [0, 0.1) is 0 Å². The molecule has 0 atom stereocenters. The number of nitrogens with zero attached hydrogens (tertiary/aromatic N) is 1. The molecule has 2 rings (SSSR count). The van der Waals surface area contributed by atoms with E-state index in [4.69, 9.17) is 0 Å². The maximum absolute atomic E-state index is 12.3. The van der Waals surface area contributed by atoms with Gasteiger partial charge in [-0.3, -0.25) is 4.79 Å². The first-order valence-electron chi connectivity index (χ1n) is 5.67. The fourth-order valence-corrected chi connectivity index (χ4v) is 2.07. The van der Waals surface area contributed by atoms with E-state index in [-0.39, 0.29) is 23.6 Å². The lowest BCUT2D eigenvalue weighted by Crippen LogP contribution is -2.42. The molecule has 1 aromatic rings. The van der Waals surface area contributed by atoms with Crippen molar-refractivity contribution in [1.82, 2.24) is 4.90 Å². The summed E-state index contributed by atoms with van der Waals surface area (Å²) in [5, 5.41) is 0. The summed E-state index contributed by atoms with van der Waals surface area (Å²) in [4.78, 5) is 13.4. The highest BCUT2D eigenvalue weighted by molar-refractivity contribution is 9.10. The van der Waals surface area contributed by atoms with E-state index in [2.05, 4.69) is 20.7 Å². The van der Waals surface area contributed by atoms with Crippen molar-refractivity contribution < 1.29 is 22.7 Å².